The molecule has 0 spiro atoms. The van der Waals surface area contributed by atoms with Crippen molar-refractivity contribution < 1.29 is 14.3 Å². The number of rotatable bonds is 2. The topological polar surface area (TPSA) is 67.4 Å². The number of hydrogen-bond donors (Lipinski definition) is 2. The molecule has 2 rings (SSSR count). The minimum Gasteiger partial charge on any atom is -0.482 e. The number of fused-ring (bicyclic) bond motifs is 1. The van der Waals surface area contributed by atoms with E-state index in [4.69, 9.17) is 4.74 Å². The van der Waals surface area contributed by atoms with Crippen LogP contribution in [0.15, 0.2) is 18.2 Å². The Hall–Kier alpha value is -2.04. The Labute approximate surface area is 112 Å². The van der Waals surface area contributed by atoms with Crippen molar-refractivity contribution in [3.8, 4) is 5.75 Å². The van der Waals surface area contributed by atoms with Gasteiger partial charge in [-0.25, -0.2) is 0 Å². The van der Waals surface area contributed by atoms with Crippen LogP contribution in [0.5, 0.6) is 5.75 Å². The van der Waals surface area contributed by atoms with Crippen LogP contribution < -0.4 is 15.4 Å². The van der Waals surface area contributed by atoms with E-state index in [1.54, 1.807) is 6.07 Å². The molecule has 19 heavy (non-hydrogen) atoms. The summed E-state index contributed by atoms with van der Waals surface area (Å²) in [7, 11) is 0. The van der Waals surface area contributed by atoms with Crippen molar-refractivity contribution in [2.45, 2.75) is 27.3 Å². The van der Waals surface area contributed by atoms with E-state index in [2.05, 4.69) is 10.6 Å². The molecule has 5 nitrogen and oxygen atoms in total. The minimum atomic E-state index is -0.404. The summed E-state index contributed by atoms with van der Waals surface area (Å²) in [4.78, 5) is 22.9. The van der Waals surface area contributed by atoms with Gasteiger partial charge in [0.1, 0.15) is 5.75 Å². The quantitative estimate of drug-likeness (QED) is 0.852. The molecule has 1 aliphatic rings. The van der Waals surface area contributed by atoms with E-state index >= 15 is 0 Å². The summed E-state index contributed by atoms with van der Waals surface area (Å²) >= 11 is 0. The predicted molar refractivity (Wildman–Crippen MR) is 71.9 cm³/mol. The molecule has 2 N–H and O–H groups in total. The second-order valence-electron chi connectivity index (χ2n) is 5.60. The van der Waals surface area contributed by atoms with Gasteiger partial charge in [0.05, 0.1) is 5.69 Å². The zero-order valence-corrected chi connectivity index (χ0v) is 11.4. The molecule has 0 atom stereocenters. The number of carbonyl (C=O) groups excluding carboxylic acids is 2. The largest absolute Gasteiger partial charge is 0.482 e. The Morgan fingerprint density at radius 3 is 2.84 bits per heavy atom. The van der Waals surface area contributed by atoms with E-state index in [0.29, 0.717) is 18.0 Å². The van der Waals surface area contributed by atoms with Crippen molar-refractivity contribution in [3.05, 3.63) is 23.8 Å². The van der Waals surface area contributed by atoms with Gasteiger partial charge in [-0.05, 0) is 17.7 Å². The number of carbonyl (C=O) groups is 2. The highest BCUT2D eigenvalue weighted by Gasteiger charge is 2.21. The third kappa shape index (κ3) is 3.24. The Balaban J connectivity index is 2.03. The molecule has 0 unspecified atom stereocenters. The number of nitrogens with one attached hydrogen (secondary N) is 2. The smallest absolute Gasteiger partial charge is 0.262 e. The standard InChI is InChI=1S/C14H18N2O3/c1-14(2,3)13(18)15-7-9-4-5-10-11(6-9)19-8-12(17)16-10/h4-6H,7-8H2,1-3H3,(H,15,18)(H,16,17). The molecule has 1 aromatic carbocycles. The van der Waals surface area contributed by atoms with Crippen molar-refractivity contribution >= 4 is 17.5 Å². The normalized spacial score (nSPS) is 14.2. The van der Waals surface area contributed by atoms with Gasteiger partial charge < -0.3 is 15.4 Å². The monoisotopic (exact) mass is 262 g/mol. The number of anilines is 1. The second-order valence-corrected chi connectivity index (χ2v) is 5.60. The lowest BCUT2D eigenvalue weighted by atomic mass is 9.95. The van der Waals surface area contributed by atoms with E-state index in [9.17, 15) is 9.59 Å². The zero-order valence-electron chi connectivity index (χ0n) is 11.4. The summed E-state index contributed by atoms with van der Waals surface area (Å²) in [6.45, 7) is 6.08. The lowest BCUT2D eigenvalue weighted by Crippen LogP contribution is -2.34. The Kier molecular flexibility index (Phi) is 3.46. The molecule has 5 heteroatoms. The maximum atomic E-state index is 11.8. The van der Waals surface area contributed by atoms with E-state index in [-0.39, 0.29) is 18.4 Å². The Morgan fingerprint density at radius 2 is 2.16 bits per heavy atom. The van der Waals surface area contributed by atoms with E-state index < -0.39 is 5.41 Å². The van der Waals surface area contributed by atoms with Gasteiger partial charge >= 0.3 is 0 Å². The maximum absolute atomic E-state index is 11.8. The number of amides is 2. The van der Waals surface area contributed by atoms with Crippen LogP contribution in [-0.2, 0) is 16.1 Å². The predicted octanol–water partition coefficient (Wildman–Crippen LogP) is 1.68. The summed E-state index contributed by atoms with van der Waals surface area (Å²) in [6, 6.07) is 5.47. The third-order valence-corrected chi connectivity index (χ3v) is 2.81. The molecule has 2 amide bonds. The van der Waals surface area contributed by atoms with Crippen LogP contribution in [-0.4, -0.2) is 18.4 Å². The average Bonchev–Trinajstić information content (AvgIpc) is 2.34. The molecular weight excluding hydrogens is 244 g/mol. The second kappa shape index (κ2) is 4.91. The van der Waals surface area contributed by atoms with Gasteiger partial charge in [-0.2, -0.15) is 0 Å². The highest BCUT2D eigenvalue weighted by molar-refractivity contribution is 5.95. The molecule has 0 radical (unpaired) electrons. The lowest BCUT2D eigenvalue weighted by Gasteiger charge is -2.20. The highest BCUT2D eigenvalue weighted by atomic mass is 16.5. The SMILES string of the molecule is CC(C)(C)C(=O)NCc1ccc2c(c1)OCC(=O)N2. The van der Waals surface area contributed by atoms with Crippen LogP contribution in [0.1, 0.15) is 26.3 Å². The fourth-order valence-corrected chi connectivity index (χ4v) is 1.68. The summed E-state index contributed by atoms with van der Waals surface area (Å²) in [5.41, 5.74) is 1.20. The van der Waals surface area contributed by atoms with Crippen molar-refractivity contribution in [2.75, 3.05) is 11.9 Å². The van der Waals surface area contributed by atoms with Gasteiger partial charge in [0.15, 0.2) is 6.61 Å². The first-order valence-corrected chi connectivity index (χ1v) is 6.20. The van der Waals surface area contributed by atoms with E-state index in [1.165, 1.54) is 0 Å². The third-order valence-electron chi connectivity index (χ3n) is 2.81. The van der Waals surface area contributed by atoms with Gasteiger partial charge in [-0.1, -0.05) is 26.8 Å². The van der Waals surface area contributed by atoms with E-state index in [1.807, 2.05) is 32.9 Å². The Morgan fingerprint density at radius 1 is 1.42 bits per heavy atom. The fraction of sp³-hybridized carbons (Fsp3) is 0.429. The summed E-state index contributed by atoms with van der Waals surface area (Å²) in [5.74, 6) is 0.489. The minimum absolute atomic E-state index is 0.000517. The number of hydrogen-bond acceptors (Lipinski definition) is 3. The van der Waals surface area contributed by atoms with Crippen LogP contribution >= 0.6 is 0 Å². The van der Waals surface area contributed by atoms with Crippen LogP contribution in [0, 0.1) is 5.41 Å². The van der Waals surface area contributed by atoms with E-state index in [0.717, 1.165) is 5.56 Å². The summed E-state index contributed by atoms with van der Waals surface area (Å²) in [5, 5.41) is 5.60. The lowest BCUT2D eigenvalue weighted by molar-refractivity contribution is -0.128. The first-order valence-electron chi connectivity index (χ1n) is 6.20. The molecule has 102 valence electrons. The molecular formula is C14H18N2O3. The highest BCUT2D eigenvalue weighted by Crippen LogP contribution is 2.28. The van der Waals surface area contributed by atoms with Crippen molar-refractivity contribution in [1.29, 1.82) is 0 Å². The van der Waals surface area contributed by atoms with Crippen LogP contribution in [0.25, 0.3) is 0 Å². The van der Waals surface area contributed by atoms with Crippen LogP contribution in [0.4, 0.5) is 5.69 Å². The summed E-state index contributed by atoms with van der Waals surface area (Å²) < 4.78 is 5.33. The van der Waals surface area contributed by atoms with Crippen molar-refractivity contribution in [3.63, 3.8) is 0 Å². The van der Waals surface area contributed by atoms with Crippen LogP contribution in [0.3, 0.4) is 0 Å². The molecule has 0 aliphatic carbocycles. The van der Waals surface area contributed by atoms with Gasteiger partial charge in [-0.3, -0.25) is 9.59 Å². The summed E-state index contributed by atoms with van der Waals surface area (Å²) in [6.07, 6.45) is 0. The maximum Gasteiger partial charge on any atom is 0.262 e. The number of benzene rings is 1. The van der Waals surface area contributed by atoms with Gasteiger partial charge in [0, 0.05) is 12.0 Å². The van der Waals surface area contributed by atoms with Gasteiger partial charge in [-0.15, -0.1) is 0 Å². The number of ether oxygens (including phenoxy) is 1. The molecule has 1 aromatic rings. The fourth-order valence-electron chi connectivity index (χ4n) is 1.68. The van der Waals surface area contributed by atoms with Crippen molar-refractivity contribution in [1.82, 2.24) is 5.32 Å². The first kappa shape index (κ1) is 13.4. The van der Waals surface area contributed by atoms with Crippen molar-refractivity contribution in [2.24, 2.45) is 5.41 Å². The zero-order chi connectivity index (χ0) is 14.0. The van der Waals surface area contributed by atoms with Gasteiger partial charge in [0.2, 0.25) is 5.91 Å². The molecule has 0 saturated heterocycles. The molecule has 0 saturated carbocycles. The molecule has 0 fully saturated rings. The Bertz CT molecular complexity index is 518. The van der Waals surface area contributed by atoms with Gasteiger partial charge in [0.25, 0.3) is 5.91 Å². The van der Waals surface area contributed by atoms with Crippen LogP contribution in [0.2, 0.25) is 0 Å². The molecule has 1 heterocycles. The first-order chi connectivity index (χ1) is 8.86. The molecule has 0 bridgehead atoms. The average molecular weight is 262 g/mol. The molecule has 1 aliphatic heterocycles. The molecule has 0 aromatic heterocycles.